The molecule has 2 bridgehead atoms. The number of fused-ring (bicyclic) bond motifs is 6. The molecule has 0 spiro atoms. The Hall–Kier alpha value is -0.943. The molecule has 0 radical (unpaired) electrons. The summed E-state index contributed by atoms with van der Waals surface area (Å²) < 4.78 is 17.9. The zero-order valence-electron chi connectivity index (χ0n) is 11.2. The van der Waals surface area contributed by atoms with Crippen molar-refractivity contribution in [3.8, 4) is 0 Å². The Labute approximate surface area is 110 Å². The molecule has 4 heteroatoms. The van der Waals surface area contributed by atoms with Gasteiger partial charge in [0.1, 0.15) is 0 Å². The van der Waals surface area contributed by atoms with E-state index in [1.807, 2.05) is 20.8 Å². The summed E-state index contributed by atoms with van der Waals surface area (Å²) in [7, 11) is -2.80. The summed E-state index contributed by atoms with van der Waals surface area (Å²) in [6, 6.07) is 8.33. The van der Waals surface area contributed by atoms with Crippen LogP contribution < -0.4 is 0 Å². The highest BCUT2D eigenvalue weighted by Gasteiger charge is 2.42. The van der Waals surface area contributed by atoms with E-state index in [2.05, 4.69) is 30.8 Å². The lowest BCUT2D eigenvalue weighted by atomic mass is 10.1. The van der Waals surface area contributed by atoms with Crippen molar-refractivity contribution in [1.29, 1.82) is 0 Å². The van der Waals surface area contributed by atoms with Crippen molar-refractivity contribution in [2.45, 2.75) is 33.0 Å². The smallest absolute Gasteiger partial charge is 0.371 e. The van der Waals surface area contributed by atoms with Crippen LogP contribution in [0.3, 0.4) is 0 Å². The lowest BCUT2D eigenvalue weighted by Crippen LogP contribution is -2.45. The van der Waals surface area contributed by atoms with E-state index in [0.717, 1.165) is 11.1 Å². The van der Waals surface area contributed by atoms with Gasteiger partial charge >= 0.3 is 8.80 Å². The second-order valence-electron chi connectivity index (χ2n) is 4.43. The van der Waals surface area contributed by atoms with Crippen LogP contribution in [0.5, 0.6) is 0 Å². The quantitative estimate of drug-likeness (QED) is 0.781. The highest BCUT2D eigenvalue weighted by molar-refractivity contribution is 6.66. The first-order valence-electron chi connectivity index (χ1n) is 6.33. The highest BCUT2D eigenvalue weighted by atomic mass is 28.4. The molecule has 2 atom stereocenters. The van der Waals surface area contributed by atoms with Crippen LogP contribution in [0.25, 0.3) is 0 Å². The second-order valence-corrected chi connectivity index (χ2v) is 6.80. The molecule has 2 aliphatic rings. The second kappa shape index (κ2) is 5.36. The minimum absolute atomic E-state index is 0.0550. The summed E-state index contributed by atoms with van der Waals surface area (Å²) in [6.45, 7) is 10.4. The molecule has 2 aliphatic heterocycles. The van der Waals surface area contributed by atoms with Crippen molar-refractivity contribution in [3.63, 3.8) is 0 Å². The van der Waals surface area contributed by atoms with Crippen molar-refractivity contribution in [3.05, 3.63) is 47.7 Å². The van der Waals surface area contributed by atoms with Gasteiger partial charge in [-0.2, -0.15) is 0 Å². The third-order valence-corrected chi connectivity index (χ3v) is 5.71. The molecule has 0 aliphatic carbocycles. The van der Waals surface area contributed by atoms with Gasteiger partial charge in [-0.25, -0.2) is 0 Å². The third-order valence-electron chi connectivity index (χ3n) is 3.15. The van der Waals surface area contributed by atoms with Crippen LogP contribution in [0, 0.1) is 0 Å². The van der Waals surface area contributed by atoms with E-state index in [1.165, 1.54) is 0 Å². The monoisotopic (exact) mass is 264 g/mol. The van der Waals surface area contributed by atoms with Crippen molar-refractivity contribution in [2.75, 3.05) is 6.61 Å². The van der Waals surface area contributed by atoms with Crippen LogP contribution in [0.2, 0.25) is 0 Å². The molecule has 2 unspecified atom stereocenters. The van der Waals surface area contributed by atoms with Crippen LogP contribution in [0.4, 0.5) is 0 Å². The minimum atomic E-state index is -2.80. The third kappa shape index (κ3) is 2.57. The Kier molecular flexibility index (Phi) is 4.02. The van der Waals surface area contributed by atoms with Gasteiger partial charge in [-0.05, 0) is 37.6 Å². The number of benzene rings is 1. The molecular formula is C14H20O3Si. The van der Waals surface area contributed by atoms with Gasteiger partial charge in [0.25, 0.3) is 0 Å². The predicted octanol–water partition coefficient (Wildman–Crippen LogP) is 3.56. The van der Waals surface area contributed by atoms with Crippen molar-refractivity contribution in [1.82, 2.24) is 0 Å². The van der Waals surface area contributed by atoms with E-state index >= 15 is 0 Å². The maximum absolute atomic E-state index is 6.07. The molecule has 3 rings (SSSR count). The van der Waals surface area contributed by atoms with E-state index in [1.54, 1.807) is 5.70 Å². The maximum atomic E-state index is 6.07. The van der Waals surface area contributed by atoms with Gasteiger partial charge < -0.3 is 13.3 Å². The molecule has 1 aromatic carbocycles. The molecule has 0 N–H and O–H groups in total. The van der Waals surface area contributed by atoms with Crippen LogP contribution in [0.1, 0.15) is 44.1 Å². The lowest BCUT2D eigenvalue weighted by molar-refractivity contribution is 0.0241. The largest absolute Gasteiger partial charge is 0.529 e. The molecule has 0 saturated heterocycles. The van der Waals surface area contributed by atoms with E-state index < -0.39 is 8.80 Å². The summed E-state index contributed by atoms with van der Waals surface area (Å²) >= 11 is 0. The Morgan fingerprint density at radius 2 is 1.61 bits per heavy atom. The molecule has 3 nitrogen and oxygen atoms in total. The predicted molar refractivity (Wildman–Crippen MR) is 73.0 cm³/mol. The fourth-order valence-corrected chi connectivity index (χ4v) is 4.28. The van der Waals surface area contributed by atoms with Gasteiger partial charge in [-0.15, -0.1) is 0 Å². The first-order chi connectivity index (χ1) is 8.60. The summed E-state index contributed by atoms with van der Waals surface area (Å²) in [5, 5.41) is 0. The van der Waals surface area contributed by atoms with Crippen LogP contribution >= 0.6 is 0 Å². The summed E-state index contributed by atoms with van der Waals surface area (Å²) in [5.41, 5.74) is 3.99. The maximum Gasteiger partial charge on any atom is 0.529 e. The van der Waals surface area contributed by atoms with Gasteiger partial charge in [0.15, 0.2) is 0 Å². The highest BCUT2D eigenvalue weighted by Crippen LogP contribution is 2.32. The average Bonchev–Trinajstić information content (AvgIpc) is 2.45. The SMILES string of the molecule is C=C[Si]1(OCC)OC(C)c2ccc(cc2)C(C)O1. The molecule has 98 valence electrons. The molecule has 0 amide bonds. The molecule has 0 saturated carbocycles. The van der Waals surface area contributed by atoms with Crippen molar-refractivity contribution >= 4 is 8.80 Å². The first kappa shape index (κ1) is 13.5. The van der Waals surface area contributed by atoms with Gasteiger partial charge in [0.05, 0.1) is 12.2 Å². The first-order valence-corrected chi connectivity index (χ1v) is 8.13. The van der Waals surface area contributed by atoms with Gasteiger partial charge in [0.2, 0.25) is 0 Å². The summed E-state index contributed by atoms with van der Waals surface area (Å²) in [4.78, 5) is 0. The fraction of sp³-hybridized carbons (Fsp3) is 0.429. The van der Waals surface area contributed by atoms with Gasteiger partial charge in [0, 0.05) is 6.61 Å². The van der Waals surface area contributed by atoms with E-state index in [4.69, 9.17) is 13.3 Å². The average molecular weight is 264 g/mol. The Balaban J connectivity index is 2.39. The zero-order valence-corrected chi connectivity index (χ0v) is 12.2. The Morgan fingerprint density at radius 3 is 1.94 bits per heavy atom. The standard InChI is InChI=1S/C14H20O3Si/c1-5-15-18(6-2)16-11(3)13-7-9-14(10-8-13)12(4)17-18/h6-12H,2,5H2,1,3-4H3. The van der Waals surface area contributed by atoms with E-state index in [0.29, 0.717) is 6.61 Å². The number of hydrogen-bond donors (Lipinski definition) is 0. The summed E-state index contributed by atoms with van der Waals surface area (Å²) in [6.07, 6.45) is -0.110. The van der Waals surface area contributed by atoms with Crippen molar-refractivity contribution < 1.29 is 13.3 Å². The van der Waals surface area contributed by atoms with E-state index in [9.17, 15) is 0 Å². The van der Waals surface area contributed by atoms with Gasteiger partial charge in [-0.1, -0.05) is 30.8 Å². The number of rotatable bonds is 3. The zero-order chi connectivity index (χ0) is 13.2. The Morgan fingerprint density at radius 1 is 1.17 bits per heavy atom. The normalized spacial score (nSPS) is 31.5. The Bertz CT molecular complexity index is 385. The summed E-state index contributed by atoms with van der Waals surface area (Å²) in [5.74, 6) is 0. The lowest BCUT2D eigenvalue weighted by Gasteiger charge is -2.30. The van der Waals surface area contributed by atoms with Crippen LogP contribution in [-0.4, -0.2) is 15.4 Å². The van der Waals surface area contributed by atoms with E-state index in [-0.39, 0.29) is 12.2 Å². The number of hydrogen-bond acceptors (Lipinski definition) is 3. The minimum Gasteiger partial charge on any atom is -0.371 e. The molecule has 1 aromatic rings. The van der Waals surface area contributed by atoms with Gasteiger partial charge in [-0.3, -0.25) is 0 Å². The van der Waals surface area contributed by atoms with Crippen molar-refractivity contribution in [2.24, 2.45) is 0 Å². The topological polar surface area (TPSA) is 27.7 Å². The molecule has 18 heavy (non-hydrogen) atoms. The van der Waals surface area contributed by atoms with Crippen LogP contribution in [-0.2, 0) is 13.3 Å². The molecule has 2 heterocycles. The molecule has 0 fully saturated rings. The fourth-order valence-electron chi connectivity index (χ4n) is 2.12. The molecular weight excluding hydrogens is 244 g/mol. The molecule has 0 aromatic heterocycles. The van der Waals surface area contributed by atoms with Crippen LogP contribution in [0.15, 0.2) is 36.5 Å².